The third-order valence-corrected chi connectivity index (χ3v) is 8.15. The summed E-state index contributed by atoms with van der Waals surface area (Å²) in [5.74, 6) is 0.981. The van der Waals surface area contributed by atoms with Gasteiger partial charge in [-0.1, -0.05) is 35.9 Å². The molecule has 6 nitrogen and oxygen atoms in total. The van der Waals surface area contributed by atoms with Crippen molar-refractivity contribution >= 4 is 35.3 Å². The van der Waals surface area contributed by atoms with Crippen LogP contribution >= 0.6 is 24.0 Å². The maximum Gasteiger partial charge on any atom is 0.155 e. The van der Waals surface area contributed by atoms with Gasteiger partial charge in [0, 0.05) is 30.9 Å². The monoisotopic (exact) mass is 494 g/mol. The molecule has 3 aromatic heterocycles. The Labute approximate surface area is 210 Å². The molecule has 4 heterocycles. The fourth-order valence-electron chi connectivity index (χ4n) is 5.82. The number of hydrogen-bond acceptors (Lipinski definition) is 5. The summed E-state index contributed by atoms with van der Waals surface area (Å²) in [6.45, 7) is 5.81. The highest BCUT2D eigenvalue weighted by Gasteiger charge is 2.46. The summed E-state index contributed by atoms with van der Waals surface area (Å²) in [4.78, 5) is 11.8. The van der Waals surface area contributed by atoms with Crippen LogP contribution in [0.2, 0.25) is 5.02 Å². The molecule has 1 fully saturated rings. The third kappa shape index (κ3) is 3.39. The average Bonchev–Trinajstić information content (AvgIpc) is 3.40. The molecule has 1 aliphatic carbocycles. The number of anilines is 1. The maximum atomic E-state index is 6.78. The second-order valence-corrected chi connectivity index (χ2v) is 9.84. The number of fused-ring (bicyclic) bond motifs is 2. The van der Waals surface area contributed by atoms with Crippen LogP contribution in [0.4, 0.5) is 5.82 Å². The zero-order valence-corrected chi connectivity index (χ0v) is 20.9. The van der Waals surface area contributed by atoms with Crippen molar-refractivity contribution in [3.8, 4) is 11.3 Å². The Morgan fingerprint density at radius 1 is 1.03 bits per heavy atom. The lowest BCUT2D eigenvalue weighted by atomic mass is 9.73. The molecule has 34 heavy (non-hydrogen) atoms. The van der Waals surface area contributed by atoms with Crippen LogP contribution in [0.15, 0.2) is 48.8 Å². The molecule has 1 saturated heterocycles. The average molecular weight is 495 g/mol. The predicted molar refractivity (Wildman–Crippen MR) is 139 cm³/mol. The van der Waals surface area contributed by atoms with Gasteiger partial charge in [-0.25, -0.2) is 9.50 Å². The summed E-state index contributed by atoms with van der Waals surface area (Å²) in [6.07, 6.45) is 6.81. The van der Waals surface area contributed by atoms with E-state index in [0.717, 1.165) is 66.3 Å². The first-order valence-electron chi connectivity index (χ1n) is 11.5. The molecule has 176 valence electrons. The van der Waals surface area contributed by atoms with Crippen LogP contribution in [0.1, 0.15) is 41.4 Å². The zero-order valence-electron chi connectivity index (χ0n) is 19.3. The van der Waals surface area contributed by atoms with Crippen LogP contribution in [0.25, 0.3) is 16.8 Å². The molecule has 0 amide bonds. The van der Waals surface area contributed by atoms with Crippen molar-refractivity contribution in [2.45, 2.75) is 39.2 Å². The summed E-state index contributed by atoms with van der Waals surface area (Å²) in [5.41, 5.74) is 14.2. The van der Waals surface area contributed by atoms with E-state index in [1.54, 1.807) is 6.20 Å². The summed E-state index contributed by atoms with van der Waals surface area (Å²) in [6, 6.07) is 12.8. The van der Waals surface area contributed by atoms with E-state index in [4.69, 9.17) is 22.3 Å². The molecular formula is C26H28Cl2N6. The molecule has 0 unspecified atom stereocenters. The van der Waals surface area contributed by atoms with Crippen LogP contribution in [-0.2, 0) is 6.42 Å². The number of halogens is 2. The number of aromatic nitrogens is 4. The molecule has 1 aromatic carbocycles. The first kappa shape index (κ1) is 23.1. The number of piperidine rings is 1. The normalized spacial score (nSPS) is 18.8. The smallest absolute Gasteiger partial charge is 0.155 e. The third-order valence-electron chi connectivity index (χ3n) is 7.67. The van der Waals surface area contributed by atoms with Gasteiger partial charge in [0.15, 0.2) is 5.82 Å². The van der Waals surface area contributed by atoms with Crippen molar-refractivity contribution in [2.24, 2.45) is 11.1 Å². The first-order valence-corrected chi connectivity index (χ1v) is 11.9. The van der Waals surface area contributed by atoms with E-state index in [1.165, 1.54) is 11.1 Å². The molecular weight excluding hydrogens is 467 g/mol. The van der Waals surface area contributed by atoms with Gasteiger partial charge in [-0.05, 0) is 61.8 Å². The van der Waals surface area contributed by atoms with Crippen molar-refractivity contribution in [2.75, 3.05) is 18.0 Å². The minimum atomic E-state index is 0. The number of hydrogen-bond donors (Lipinski definition) is 1. The van der Waals surface area contributed by atoms with Gasteiger partial charge in [-0.3, -0.25) is 4.98 Å². The van der Waals surface area contributed by atoms with Gasteiger partial charge < -0.3 is 10.6 Å². The Hall–Kier alpha value is -2.67. The molecule has 1 aliphatic heterocycles. The molecule has 1 atom stereocenters. The highest BCUT2D eigenvalue weighted by atomic mass is 35.5. The van der Waals surface area contributed by atoms with Gasteiger partial charge in [0.25, 0.3) is 0 Å². The van der Waals surface area contributed by atoms with Crippen molar-refractivity contribution < 1.29 is 0 Å². The standard InChI is InChI=1S/C26H27ClN6.ClH/c1-16-22(27)20(7-11-29-16)23-17(2)31-25(21-8-12-30-33(21)23)32-13-9-26(10-14-32)15-18-5-3-4-6-19(18)24(26)28;/h3-8,11-12,24H,9-10,13-15,28H2,1-2H3;1H/t24-;/m1./s1. The zero-order chi connectivity index (χ0) is 22.7. The topological polar surface area (TPSA) is 72.3 Å². The summed E-state index contributed by atoms with van der Waals surface area (Å²) in [7, 11) is 0. The van der Waals surface area contributed by atoms with Gasteiger partial charge in [0.2, 0.25) is 0 Å². The minimum absolute atomic E-state index is 0. The largest absolute Gasteiger partial charge is 0.355 e. The van der Waals surface area contributed by atoms with E-state index in [-0.39, 0.29) is 23.9 Å². The Morgan fingerprint density at radius 2 is 1.79 bits per heavy atom. The van der Waals surface area contributed by atoms with E-state index < -0.39 is 0 Å². The fraction of sp³-hybridized carbons (Fsp3) is 0.346. The molecule has 4 aromatic rings. The van der Waals surface area contributed by atoms with Crippen molar-refractivity contribution in [1.82, 2.24) is 19.6 Å². The lowest BCUT2D eigenvalue weighted by Gasteiger charge is -2.42. The number of nitrogens with zero attached hydrogens (tertiary/aromatic N) is 5. The van der Waals surface area contributed by atoms with Gasteiger partial charge >= 0.3 is 0 Å². The molecule has 8 heteroatoms. The second-order valence-electron chi connectivity index (χ2n) is 9.46. The predicted octanol–water partition coefficient (Wildman–Crippen LogP) is 5.33. The van der Waals surface area contributed by atoms with Crippen LogP contribution in [0.3, 0.4) is 0 Å². The SMILES string of the molecule is Cc1nccc(-c2c(C)nc(N3CCC4(CC3)Cc3ccccc3[C@H]4N)c3ccnn23)c1Cl.Cl. The fourth-order valence-corrected chi connectivity index (χ4v) is 6.02. The van der Waals surface area contributed by atoms with Crippen LogP contribution in [-0.4, -0.2) is 32.7 Å². The number of aryl methyl sites for hydroxylation is 2. The first-order chi connectivity index (χ1) is 16.0. The summed E-state index contributed by atoms with van der Waals surface area (Å²) in [5, 5.41) is 5.28. The van der Waals surface area contributed by atoms with E-state index >= 15 is 0 Å². The maximum absolute atomic E-state index is 6.78. The van der Waals surface area contributed by atoms with E-state index in [2.05, 4.69) is 39.2 Å². The molecule has 0 bridgehead atoms. The van der Waals surface area contributed by atoms with Gasteiger partial charge in [0.1, 0.15) is 5.52 Å². The van der Waals surface area contributed by atoms with Crippen molar-refractivity contribution in [3.63, 3.8) is 0 Å². The highest BCUT2D eigenvalue weighted by Crippen LogP contribution is 2.51. The minimum Gasteiger partial charge on any atom is -0.355 e. The Balaban J connectivity index is 0.00000241. The lowest BCUT2D eigenvalue weighted by molar-refractivity contribution is 0.187. The number of nitrogens with two attached hydrogens (primary N) is 1. The lowest BCUT2D eigenvalue weighted by Crippen LogP contribution is -2.44. The Kier molecular flexibility index (Phi) is 5.79. The van der Waals surface area contributed by atoms with E-state index in [9.17, 15) is 0 Å². The van der Waals surface area contributed by atoms with Gasteiger partial charge in [-0.2, -0.15) is 5.10 Å². The van der Waals surface area contributed by atoms with Crippen molar-refractivity contribution in [1.29, 1.82) is 0 Å². The molecule has 0 saturated carbocycles. The van der Waals surface area contributed by atoms with Crippen molar-refractivity contribution in [3.05, 3.63) is 76.3 Å². The number of pyridine rings is 1. The van der Waals surface area contributed by atoms with Gasteiger partial charge in [-0.15, -0.1) is 12.4 Å². The molecule has 2 aliphatic rings. The quantitative estimate of drug-likeness (QED) is 0.407. The molecule has 1 spiro atoms. The van der Waals surface area contributed by atoms with Gasteiger partial charge in [0.05, 0.1) is 28.3 Å². The summed E-state index contributed by atoms with van der Waals surface area (Å²) >= 11 is 6.62. The number of benzene rings is 1. The highest BCUT2D eigenvalue weighted by molar-refractivity contribution is 6.33. The van der Waals surface area contributed by atoms with Crippen LogP contribution in [0.5, 0.6) is 0 Å². The van der Waals surface area contributed by atoms with Crippen LogP contribution < -0.4 is 10.6 Å². The van der Waals surface area contributed by atoms with E-state index in [0.29, 0.717) is 5.02 Å². The van der Waals surface area contributed by atoms with E-state index in [1.807, 2.05) is 36.7 Å². The molecule has 2 N–H and O–H groups in total. The Morgan fingerprint density at radius 3 is 2.56 bits per heavy atom. The number of rotatable bonds is 2. The van der Waals surface area contributed by atoms with Crippen LogP contribution in [0, 0.1) is 19.3 Å². The molecule has 6 rings (SSSR count). The molecule has 0 radical (unpaired) electrons. The summed E-state index contributed by atoms with van der Waals surface area (Å²) < 4.78 is 1.97. The Bertz CT molecular complexity index is 1370. The second kappa shape index (κ2) is 8.52.